The van der Waals surface area contributed by atoms with Crippen molar-refractivity contribution in [3.05, 3.63) is 29.8 Å². The van der Waals surface area contributed by atoms with E-state index in [-0.39, 0.29) is 30.1 Å². The molecule has 0 heterocycles. The van der Waals surface area contributed by atoms with Gasteiger partial charge >= 0.3 is 5.97 Å². The zero-order chi connectivity index (χ0) is 17.4. The Bertz CT molecular complexity index is 547. The largest absolute Gasteiger partial charge is 0.497 e. The zero-order valence-electron chi connectivity index (χ0n) is 14.6. The molecule has 1 aliphatic rings. The summed E-state index contributed by atoms with van der Waals surface area (Å²) in [7, 11) is 1.66. The lowest BCUT2D eigenvalue weighted by molar-refractivity contribution is -0.144. The summed E-state index contributed by atoms with van der Waals surface area (Å²) in [6.07, 6.45) is 4.79. The highest BCUT2D eigenvalue weighted by Gasteiger charge is 2.35. The smallest absolute Gasteiger partial charge is 0.306 e. The average Bonchev–Trinajstić information content (AvgIpc) is 3.09. The maximum atomic E-state index is 12.0. The second-order valence-corrected chi connectivity index (χ2v) is 6.30. The normalized spacial score (nSPS) is 15.8. The number of carbonyl (C=O) groups excluding carboxylic acids is 2. The maximum absolute atomic E-state index is 12.0. The first-order valence-corrected chi connectivity index (χ1v) is 8.66. The highest BCUT2D eigenvalue weighted by molar-refractivity contribution is 5.81. The number of rotatable bonds is 8. The van der Waals surface area contributed by atoms with Crippen molar-refractivity contribution < 1.29 is 19.1 Å². The van der Waals surface area contributed by atoms with Gasteiger partial charge in [0.1, 0.15) is 5.75 Å². The van der Waals surface area contributed by atoms with Crippen LogP contribution in [0.4, 0.5) is 0 Å². The van der Waals surface area contributed by atoms with Crippen molar-refractivity contribution in [1.29, 1.82) is 0 Å². The van der Waals surface area contributed by atoms with Crippen LogP contribution in [0.25, 0.3) is 0 Å². The third kappa shape index (κ3) is 4.73. The van der Waals surface area contributed by atoms with Crippen LogP contribution in [0.5, 0.6) is 5.75 Å². The molecule has 1 aliphatic carbocycles. The predicted molar refractivity (Wildman–Crippen MR) is 92.0 cm³/mol. The summed E-state index contributed by atoms with van der Waals surface area (Å²) < 4.78 is 10.1. The Kier molecular flexibility index (Phi) is 6.64. The van der Waals surface area contributed by atoms with Crippen LogP contribution in [0.1, 0.15) is 51.0 Å². The van der Waals surface area contributed by atoms with Gasteiger partial charge in [0.25, 0.3) is 0 Å². The van der Waals surface area contributed by atoms with E-state index in [2.05, 4.69) is 17.4 Å². The molecule has 0 saturated heterocycles. The fourth-order valence-corrected chi connectivity index (χ4v) is 3.37. The van der Waals surface area contributed by atoms with E-state index in [9.17, 15) is 9.59 Å². The lowest BCUT2D eigenvalue weighted by atomic mass is 9.78. The summed E-state index contributed by atoms with van der Waals surface area (Å²) in [6, 6.07) is 8.12. The quantitative estimate of drug-likeness (QED) is 0.743. The number of hydrogen-bond donors (Lipinski definition) is 1. The standard InChI is InChI=1S/C19H27NO4/c1-3-24-18(22)11-10-17(21)20-14-19(12-4-5-13-19)15-6-8-16(23-2)9-7-15/h6-9H,3-5,10-14H2,1-2H3,(H,20,21). The number of carbonyl (C=O) groups is 2. The van der Waals surface area contributed by atoms with Crippen LogP contribution in [0.3, 0.4) is 0 Å². The van der Waals surface area contributed by atoms with Crippen LogP contribution in [0.15, 0.2) is 24.3 Å². The second kappa shape index (κ2) is 8.71. The lowest BCUT2D eigenvalue weighted by Crippen LogP contribution is -2.39. The second-order valence-electron chi connectivity index (χ2n) is 6.30. The minimum Gasteiger partial charge on any atom is -0.497 e. The molecule has 0 atom stereocenters. The molecule has 1 fully saturated rings. The van der Waals surface area contributed by atoms with E-state index < -0.39 is 0 Å². The van der Waals surface area contributed by atoms with Crippen LogP contribution in [-0.2, 0) is 19.7 Å². The third-order valence-corrected chi connectivity index (χ3v) is 4.75. The molecule has 1 aromatic rings. The third-order valence-electron chi connectivity index (χ3n) is 4.75. The topological polar surface area (TPSA) is 64.6 Å². The number of esters is 1. The van der Waals surface area contributed by atoms with Crippen molar-refractivity contribution in [2.24, 2.45) is 0 Å². The molecule has 1 saturated carbocycles. The number of benzene rings is 1. The molecule has 0 spiro atoms. The lowest BCUT2D eigenvalue weighted by Gasteiger charge is -2.30. The Morgan fingerprint density at radius 3 is 2.38 bits per heavy atom. The van der Waals surface area contributed by atoms with Crippen molar-refractivity contribution in [1.82, 2.24) is 5.32 Å². The molecular formula is C19H27NO4. The molecule has 1 amide bonds. The van der Waals surface area contributed by atoms with E-state index in [1.165, 1.54) is 18.4 Å². The van der Waals surface area contributed by atoms with Gasteiger partial charge < -0.3 is 14.8 Å². The zero-order valence-corrected chi connectivity index (χ0v) is 14.6. The molecule has 1 N–H and O–H groups in total. The predicted octanol–water partition coefficient (Wildman–Crippen LogP) is 2.97. The SMILES string of the molecule is CCOC(=O)CCC(=O)NCC1(c2ccc(OC)cc2)CCCC1. The van der Waals surface area contributed by atoms with E-state index in [4.69, 9.17) is 9.47 Å². The Morgan fingerprint density at radius 1 is 1.12 bits per heavy atom. The van der Waals surface area contributed by atoms with Gasteiger partial charge in [-0.1, -0.05) is 25.0 Å². The summed E-state index contributed by atoms with van der Waals surface area (Å²) in [5.74, 6) is 0.423. The minimum absolute atomic E-state index is 0.00808. The van der Waals surface area contributed by atoms with Crippen LogP contribution < -0.4 is 10.1 Å². The maximum Gasteiger partial charge on any atom is 0.306 e. The highest BCUT2D eigenvalue weighted by Crippen LogP contribution is 2.41. The first-order valence-electron chi connectivity index (χ1n) is 8.66. The molecular weight excluding hydrogens is 306 g/mol. The molecule has 0 aliphatic heterocycles. The van der Waals surface area contributed by atoms with Gasteiger partial charge in [-0.05, 0) is 37.5 Å². The molecule has 5 nitrogen and oxygen atoms in total. The van der Waals surface area contributed by atoms with E-state index >= 15 is 0 Å². The number of hydrogen-bond acceptors (Lipinski definition) is 4. The van der Waals surface area contributed by atoms with Crippen LogP contribution in [0.2, 0.25) is 0 Å². The minimum atomic E-state index is -0.321. The van der Waals surface area contributed by atoms with Crippen molar-refractivity contribution >= 4 is 11.9 Å². The molecule has 2 rings (SSSR count). The summed E-state index contributed by atoms with van der Waals surface area (Å²) in [4.78, 5) is 23.4. The molecule has 24 heavy (non-hydrogen) atoms. The summed E-state index contributed by atoms with van der Waals surface area (Å²) in [6.45, 7) is 2.72. The van der Waals surface area contributed by atoms with Gasteiger partial charge in [-0.25, -0.2) is 0 Å². The number of ether oxygens (including phenoxy) is 2. The first-order chi connectivity index (χ1) is 11.6. The molecule has 0 unspecified atom stereocenters. The Balaban J connectivity index is 1.93. The molecule has 0 radical (unpaired) electrons. The fraction of sp³-hybridized carbons (Fsp3) is 0.579. The Morgan fingerprint density at radius 2 is 1.79 bits per heavy atom. The van der Waals surface area contributed by atoms with E-state index in [0.29, 0.717) is 13.2 Å². The van der Waals surface area contributed by atoms with Gasteiger partial charge in [0.2, 0.25) is 5.91 Å². The van der Waals surface area contributed by atoms with Gasteiger partial charge in [0.05, 0.1) is 20.1 Å². The van der Waals surface area contributed by atoms with Crippen molar-refractivity contribution in [2.45, 2.75) is 50.9 Å². The molecule has 1 aromatic carbocycles. The summed E-state index contributed by atoms with van der Waals surface area (Å²) >= 11 is 0. The average molecular weight is 333 g/mol. The van der Waals surface area contributed by atoms with E-state index in [1.807, 2.05) is 12.1 Å². The monoisotopic (exact) mass is 333 g/mol. The number of methoxy groups -OCH3 is 1. The van der Waals surface area contributed by atoms with Crippen LogP contribution in [-0.4, -0.2) is 32.1 Å². The van der Waals surface area contributed by atoms with Gasteiger partial charge in [-0.3, -0.25) is 9.59 Å². The highest BCUT2D eigenvalue weighted by atomic mass is 16.5. The van der Waals surface area contributed by atoms with E-state index in [0.717, 1.165) is 18.6 Å². The van der Waals surface area contributed by atoms with Crippen LogP contribution in [0, 0.1) is 0 Å². The van der Waals surface area contributed by atoms with Gasteiger partial charge in [0, 0.05) is 18.4 Å². The van der Waals surface area contributed by atoms with Crippen molar-refractivity contribution in [2.75, 3.05) is 20.3 Å². The van der Waals surface area contributed by atoms with Gasteiger partial charge in [-0.15, -0.1) is 0 Å². The van der Waals surface area contributed by atoms with E-state index in [1.54, 1.807) is 14.0 Å². The van der Waals surface area contributed by atoms with Gasteiger partial charge in [0.15, 0.2) is 0 Å². The summed E-state index contributed by atoms with van der Waals surface area (Å²) in [5.41, 5.74) is 1.23. The Hall–Kier alpha value is -2.04. The van der Waals surface area contributed by atoms with Crippen molar-refractivity contribution in [3.8, 4) is 5.75 Å². The molecule has 132 valence electrons. The Labute approximate surface area is 143 Å². The first kappa shape index (κ1) is 18.3. The fourth-order valence-electron chi connectivity index (χ4n) is 3.37. The number of amides is 1. The van der Waals surface area contributed by atoms with Crippen LogP contribution >= 0.6 is 0 Å². The van der Waals surface area contributed by atoms with Gasteiger partial charge in [-0.2, -0.15) is 0 Å². The van der Waals surface area contributed by atoms with Crippen molar-refractivity contribution in [3.63, 3.8) is 0 Å². The number of nitrogens with one attached hydrogen (secondary N) is 1. The molecule has 0 aromatic heterocycles. The summed E-state index contributed by atoms with van der Waals surface area (Å²) in [5, 5.41) is 3.01. The molecule has 0 bridgehead atoms. The molecule has 5 heteroatoms.